The average Bonchev–Trinajstić information content (AvgIpc) is 2.45. The molecule has 0 saturated carbocycles. The lowest BCUT2D eigenvalue weighted by Gasteiger charge is -2.14. The van der Waals surface area contributed by atoms with Crippen molar-refractivity contribution in [2.24, 2.45) is 0 Å². The third-order valence-corrected chi connectivity index (χ3v) is 3.93. The molecular formula is C13H18NO6P. The van der Waals surface area contributed by atoms with Crippen LogP contribution in [0.4, 0.5) is 5.69 Å². The Labute approximate surface area is 123 Å². The van der Waals surface area contributed by atoms with Crippen LogP contribution in [0.3, 0.4) is 0 Å². The summed E-state index contributed by atoms with van der Waals surface area (Å²) >= 11 is 0. The summed E-state index contributed by atoms with van der Waals surface area (Å²) in [6, 6.07) is 6.04. The average molecular weight is 315 g/mol. The Balaban J connectivity index is 2.53. The van der Waals surface area contributed by atoms with E-state index in [2.05, 4.69) is 0 Å². The zero-order valence-corrected chi connectivity index (χ0v) is 12.8. The van der Waals surface area contributed by atoms with Crippen molar-refractivity contribution in [3.05, 3.63) is 46.0 Å². The van der Waals surface area contributed by atoms with E-state index >= 15 is 0 Å². The molecule has 0 amide bonds. The van der Waals surface area contributed by atoms with E-state index in [0.29, 0.717) is 0 Å². The van der Waals surface area contributed by atoms with Crippen molar-refractivity contribution in [3.8, 4) is 0 Å². The second-order valence-electron chi connectivity index (χ2n) is 3.83. The number of nitro groups is 1. The predicted molar refractivity (Wildman–Crippen MR) is 78.9 cm³/mol. The molecule has 7 nitrogen and oxygen atoms in total. The number of nitrogens with zero attached hydrogens (tertiary/aromatic N) is 1. The monoisotopic (exact) mass is 315 g/mol. The van der Waals surface area contributed by atoms with Gasteiger partial charge in [-0.25, -0.2) is 4.57 Å². The van der Waals surface area contributed by atoms with Gasteiger partial charge in [-0.05, 0) is 31.5 Å². The molecule has 0 aliphatic heterocycles. The molecule has 0 heterocycles. The summed E-state index contributed by atoms with van der Waals surface area (Å²) in [6.45, 7) is 3.89. The van der Waals surface area contributed by atoms with Crippen LogP contribution < -0.4 is 0 Å². The van der Waals surface area contributed by atoms with Crippen molar-refractivity contribution < 1.29 is 23.1 Å². The maximum Gasteiger partial charge on any atom is 0.475 e. The van der Waals surface area contributed by atoms with Crippen LogP contribution in [-0.2, 0) is 18.1 Å². The summed E-state index contributed by atoms with van der Waals surface area (Å²) in [5.41, 5.74) is 0.799. The van der Waals surface area contributed by atoms with Gasteiger partial charge in [-0.2, -0.15) is 0 Å². The Kier molecular flexibility index (Phi) is 7.25. The highest BCUT2D eigenvalue weighted by atomic mass is 31.2. The number of non-ortho nitro benzene ring substituents is 1. The second-order valence-corrected chi connectivity index (χ2v) is 5.50. The van der Waals surface area contributed by atoms with Crippen molar-refractivity contribution >= 4 is 19.6 Å². The molecular weight excluding hydrogens is 297 g/mol. The maximum absolute atomic E-state index is 12.0. The maximum atomic E-state index is 12.0. The molecule has 21 heavy (non-hydrogen) atoms. The molecule has 1 aromatic carbocycles. The van der Waals surface area contributed by atoms with Crippen LogP contribution in [0, 0.1) is 10.1 Å². The zero-order valence-electron chi connectivity index (χ0n) is 11.9. The van der Waals surface area contributed by atoms with Crippen LogP contribution in [-0.4, -0.2) is 24.7 Å². The first-order valence-electron chi connectivity index (χ1n) is 6.45. The summed E-state index contributed by atoms with van der Waals surface area (Å²) in [7, 11) is -3.50. The molecule has 1 rings (SSSR count). The van der Waals surface area contributed by atoms with Crippen LogP contribution in [0.15, 0.2) is 30.3 Å². The highest BCUT2D eigenvalue weighted by Gasteiger charge is 2.24. The van der Waals surface area contributed by atoms with E-state index < -0.39 is 12.7 Å². The minimum atomic E-state index is -3.50. The van der Waals surface area contributed by atoms with Crippen LogP contribution in [0.25, 0.3) is 6.08 Å². The Morgan fingerprint density at radius 2 is 1.71 bits per heavy atom. The van der Waals surface area contributed by atoms with E-state index in [0.717, 1.165) is 5.56 Å². The number of hydrogen-bond acceptors (Lipinski definition) is 6. The minimum absolute atomic E-state index is 0.0283. The van der Waals surface area contributed by atoms with Gasteiger partial charge in [0.1, 0.15) is 0 Å². The van der Waals surface area contributed by atoms with Crippen molar-refractivity contribution in [1.82, 2.24) is 0 Å². The molecule has 1 aromatic rings. The second kappa shape index (κ2) is 8.69. The molecule has 0 N–H and O–H groups in total. The van der Waals surface area contributed by atoms with Crippen molar-refractivity contribution in [2.75, 3.05) is 19.8 Å². The molecule has 0 aliphatic carbocycles. The van der Waals surface area contributed by atoms with Crippen LogP contribution in [0.1, 0.15) is 19.4 Å². The van der Waals surface area contributed by atoms with Crippen molar-refractivity contribution in [2.45, 2.75) is 13.8 Å². The summed E-state index contributed by atoms with van der Waals surface area (Å²) in [5, 5.41) is 10.5. The fourth-order valence-corrected chi connectivity index (χ4v) is 2.58. The smallest absolute Gasteiger partial charge is 0.287 e. The molecule has 0 atom stereocenters. The molecule has 0 radical (unpaired) electrons. The first kappa shape index (κ1) is 17.5. The predicted octanol–water partition coefficient (Wildman–Crippen LogP) is 3.81. The number of rotatable bonds is 9. The normalized spacial score (nSPS) is 11.9. The number of phosphoric ester groups is 1. The Morgan fingerprint density at radius 1 is 1.14 bits per heavy atom. The number of benzene rings is 1. The van der Waals surface area contributed by atoms with Gasteiger partial charge in [-0.1, -0.05) is 12.2 Å². The van der Waals surface area contributed by atoms with E-state index in [1.54, 1.807) is 38.1 Å². The summed E-state index contributed by atoms with van der Waals surface area (Å²) < 4.78 is 27.0. The van der Waals surface area contributed by atoms with Gasteiger partial charge >= 0.3 is 7.82 Å². The van der Waals surface area contributed by atoms with Gasteiger partial charge < -0.3 is 0 Å². The molecule has 0 spiro atoms. The number of nitro benzene ring substituents is 1. The lowest BCUT2D eigenvalue weighted by molar-refractivity contribution is -0.384. The topological polar surface area (TPSA) is 87.9 Å². The highest BCUT2D eigenvalue weighted by Crippen LogP contribution is 2.49. The third kappa shape index (κ3) is 6.18. The number of hydrogen-bond donors (Lipinski definition) is 0. The molecule has 0 fully saturated rings. The molecule has 0 saturated heterocycles. The van der Waals surface area contributed by atoms with Gasteiger partial charge in [0.2, 0.25) is 0 Å². The largest absolute Gasteiger partial charge is 0.475 e. The quantitative estimate of drug-likeness (QED) is 0.391. The van der Waals surface area contributed by atoms with Crippen molar-refractivity contribution in [3.63, 3.8) is 0 Å². The fraction of sp³-hybridized carbons (Fsp3) is 0.385. The van der Waals surface area contributed by atoms with Crippen LogP contribution in [0.2, 0.25) is 0 Å². The number of phosphoric acid groups is 1. The van der Waals surface area contributed by atoms with E-state index in [1.165, 1.54) is 12.1 Å². The molecule has 8 heteroatoms. The van der Waals surface area contributed by atoms with Gasteiger partial charge in [0.15, 0.2) is 0 Å². The lowest BCUT2D eigenvalue weighted by atomic mass is 10.2. The summed E-state index contributed by atoms with van der Waals surface area (Å²) in [4.78, 5) is 10.1. The van der Waals surface area contributed by atoms with Gasteiger partial charge in [0.25, 0.3) is 5.69 Å². The first-order valence-corrected chi connectivity index (χ1v) is 7.91. The van der Waals surface area contributed by atoms with Gasteiger partial charge in [0.05, 0.1) is 24.7 Å². The Bertz CT molecular complexity index is 518. The Morgan fingerprint density at radius 3 is 2.19 bits per heavy atom. The minimum Gasteiger partial charge on any atom is -0.287 e. The Hall–Kier alpha value is -1.53. The summed E-state index contributed by atoms with van der Waals surface area (Å²) in [6.07, 6.45) is 3.33. The van der Waals surface area contributed by atoms with Crippen LogP contribution >= 0.6 is 7.82 Å². The van der Waals surface area contributed by atoms with E-state index in [1.807, 2.05) is 0 Å². The molecule has 0 aromatic heterocycles. The van der Waals surface area contributed by atoms with Gasteiger partial charge in [0, 0.05) is 12.1 Å². The van der Waals surface area contributed by atoms with Gasteiger partial charge in [-0.15, -0.1) is 0 Å². The van der Waals surface area contributed by atoms with E-state index in [-0.39, 0.29) is 25.5 Å². The van der Waals surface area contributed by atoms with E-state index in [9.17, 15) is 14.7 Å². The standard InChI is InChI=1S/C13H18NO6P/c1-3-18-21(17,19-4-2)20-11-5-6-12-7-9-13(10-8-12)14(15)16/h5-10H,3-4,11H2,1-2H3. The summed E-state index contributed by atoms with van der Waals surface area (Å²) in [5.74, 6) is 0. The third-order valence-electron chi connectivity index (χ3n) is 2.32. The lowest BCUT2D eigenvalue weighted by Crippen LogP contribution is -2.00. The highest BCUT2D eigenvalue weighted by molar-refractivity contribution is 7.48. The van der Waals surface area contributed by atoms with Crippen molar-refractivity contribution in [1.29, 1.82) is 0 Å². The zero-order chi connectivity index (χ0) is 15.7. The first-order chi connectivity index (χ1) is 10.0. The molecule has 116 valence electrons. The van der Waals surface area contributed by atoms with Gasteiger partial charge in [-0.3, -0.25) is 23.7 Å². The van der Waals surface area contributed by atoms with Crippen LogP contribution in [0.5, 0.6) is 0 Å². The van der Waals surface area contributed by atoms with E-state index in [4.69, 9.17) is 13.6 Å². The molecule has 0 aliphatic rings. The fourth-order valence-electron chi connectivity index (χ4n) is 1.45. The SMILES string of the molecule is CCOP(=O)(OCC)OCC=Cc1ccc([N+](=O)[O-])cc1. The molecule has 0 bridgehead atoms. The molecule has 0 unspecified atom stereocenters.